The maximum atomic E-state index is 12.6. The third-order valence-electron chi connectivity index (χ3n) is 4.34. The first-order valence-corrected chi connectivity index (χ1v) is 10.5. The lowest BCUT2D eigenvalue weighted by atomic mass is 10.2. The van der Waals surface area contributed by atoms with Crippen LogP contribution >= 0.6 is 0 Å². The third-order valence-corrected chi connectivity index (χ3v) is 6.38. The Morgan fingerprint density at radius 3 is 2.40 bits per heavy atom. The van der Waals surface area contributed by atoms with Crippen LogP contribution in [0.5, 0.6) is 11.5 Å². The van der Waals surface area contributed by atoms with Crippen molar-refractivity contribution < 1.29 is 22.8 Å². The van der Waals surface area contributed by atoms with Gasteiger partial charge < -0.3 is 9.47 Å². The maximum absolute atomic E-state index is 12.6. The van der Waals surface area contributed by atoms with E-state index in [1.165, 1.54) is 36.9 Å². The maximum Gasteiger partial charge on any atom is 0.295 e. The second-order valence-electron chi connectivity index (χ2n) is 6.00. The number of nitro groups is 1. The van der Waals surface area contributed by atoms with E-state index in [4.69, 9.17) is 9.47 Å². The van der Waals surface area contributed by atoms with Crippen LogP contribution < -0.4 is 14.9 Å². The number of methoxy groups -OCH3 is 2. The Morgan fingerprint density at radius 2 is 1.83 bits per heavy atom. The molecule has 0 aliphatic carbocycles. The summed E-state index contributed by atoms with van der Waals surface area (Å²) >= 11 is 0. The number of nitro benzene ring substituents is 1. The molecule has 0 unspecified atom stereocenters. The first kappa shape index (κ1) is 23.1. The predicted molar refractivity (Wildman–Crippen MR) is 114 cm³/mol. The number of hydrogen-bond donors (Lipinski definition) is 1. The van der Waals surface area contributed by atoms with E-state index in [2.05, 4.69) is 10.5 Å². The molecule has 0 saturated carbocycles. The molecule has 0 heterocycles. The lowest BCUT2D eigenvalue weighted by Gasteiger charge is -2.18. The molecule has 0 spiro atoms. The lowest BCUT2D eigenvalue weighted by Crippen LogP contribution is -2.30. The largest absolute Gasteiger partial charge is 0.497 e. The van der Waals surface area contributed by atoms with Gasteiger partial charge >= 0.3 is 0 Å². The van der Waals surface area contributed by atoms with Gasteiger partial charge in [0.1, 0.15) is 17.2 Å². The van der Waals surface area contributed by atoms with Crippen LogP contribution in [0.25, 0.3) is 0 Å². The van der Waals surface area contributed by atoms with Crippen molar-refractivity contribution in [1.82, 2.24) is 4.31 Å². The summed E-state index contributed by atoms with van der Waals surface area (Å²) < 4.78 is 36.9. The molecule has 0 radical (unpaired) electrons. The molecular weight excluding hydrogens is 412 g/mol. The Balaban J connectivity index is 2.33. The van der Waals surface area contributed by atoms with Crippen molar-refractivity contribution in [2.75, 3.05) is 32.7 Å². The molecule has 0 aromatic heterocycles. The van der Waals surface area contributed by atoms with E-state index >= 15 is 0 Å². The number of ether oxygens (including phenoxy) is 2. The Kier molecular flexibility index (Phi) is 7.72. The van der Waals surface area contributed by atoms with Crippen molar-refractivity contribution in [1.29, 1.82) is 0 Å². The number of benzene rings is 2. The summed E-state index contributed by atoms with van der Waals surface area (Å²) in [7, 11) is -0.784. The molecule has 0 aliphatic rings. The molecule has 1 N–H and O–H groups in total. The van der Waals surface area contributed by atoms with Crippen LogP contribution in [0.4, 0.5) is 11.4 Å². The van der Waals surface area contributed by atoms with E-state index < -0.39 is 20.6 Å². The molecule has 162 valence electrons. The highest BCUT2D eigenvalue weighted by Gasteiger charge is 2.25. The Bertz CT molecular complexity index is 1040. The van der Waals surface area contributed by atoms with E-state index in [9.17, 15) is 18.5 Å². The van der Waals surface area contributed by atoms with Crippen LogP contribution in [-0.4, -0.2) is 51.2 Å². The van der Waals surface area contributed by atoms with Gasteiger partial charge in [0.25, 0.3) is 5.69 Å². The van der Waals surface area contributed by atoms with Crippen LogP contribution in [0.2, 0.25) is 0 Å². The minimum atomic E-state index is -3.82. The van der Waals surface area contributed by atoms with Crippen molar-refractivity contribution in [3.63, 3.8) is 0 Å². The molecular formula is C19H24N4O6S. The highest BCUT2D eigenvalue weighted by atomic mass is 32.2. The Morgan fingerprint density at radius 1 is 1.13 bits per heavy atom. The average molecular weight is 436 g/mol. The van der Waals surface area contributed by atoms with Crippen LogP contribution in [0.3, 0.4) is 0 Å². The van der Waals surface area contributed by atoms with Gasteiger partial charge in [0.05, 0.1) is 30.3 Å². The third kappa shape index (κ3) is 5.05. The van der Waals surface area contributed by atoms with Gasteiger partial charge in [0.2, 0.25) is 10.0 Å². The number of rotatable bonds is 10. The van der Waals surface area contributed by atoms with Gasteiger partial charge in [-0.25, -0.2) is 8.42 Å². The average Bonchev–Trinajstić information content (AvgIpc) is 2.74. The van der Waals surface area contributed by atoms with E-state index in [1.807, 2.05) is 0 Å². The number of nitrogens with one attached hydrogen (secondary N) is 1. The normalized spacial score (nSPS) is 11.6. The fraction of sp³-hybridized carbons (Fsp3) is 0.316. The molecule has 0 aliphatic heterocycles. The van der Waals surface area contributed by atoms with Crippen molar-refractivity contribution in [3.8, 4) is 11.5 Å². The highest BCUT2D eigenvalue weighted by molar-refractivity contribution is 7.89. The van der Waals surface area contributed by atoms with Gasteiger partial charge in [-0.3, -0.25) is 15.5 Å². The molecule has 30 heavy (non-hydrogen) atoms. The molecule has 0 bridgehead atoms. The zero-order valence-corrected chi connectivity index (χ0v) is 18.0. The van der Waals surface area contributed by atoms with Crippen molar-refractivity contribution in [2.24, 2.45) is 5.10 Å². The minimum Gasteiger partial charge on any atom is -0.497 e. The van der Waals surface area contributed by atoms with Crippen molar-refractivity contribution >= 4 is 27.6 Å². The number of nitrogens with zero attached hydrogens (tertiary/aromatic N) is 3. The summed E-state index contributed by atoms with van der Waals surface area (Å²) in [4.78, 5) is 10.7. The van der Waals surface area contributed by atoms with Crippen molar-refractivity contribution in [2.45, 2.75) is 18.7 Å². The number of hydrazone groups is 1. The van der Waals surface area contributed by atoms with Gasteiger partial charge in [-0.05, 0) is 24.3 Å². The predicted octanol–water partition coefficient (Wildman–Crippen LogP) is 3.09. The molecule has 0 saturated heterocycles. The quantitative estimate of drug-likeness (QED) is 0.345. The highest BCUT2D eigenvalue weighted by Crippen LogP contribution is 2.29. The van der Waals surface area contributed by atoms with Crippen LogP contribution in [-0.2, 0) is 10.0 Å². The molecule has 0 fully saturated rings. The van der Waals surface area contributed by atoms with Crippen LogP contribution in [0.15, 0.2) is 46.4 Å². The summed E-state index contributed by atoms with van der Waals surface area (Å²) in [6.07, 6.45) is 1.43. The SMILES string of the molecule is CCN(CC)S(=O)(=O)c1ccc(NN=Cc2ccc(OC)cc2OC)c([N+](=O)[O-])c1. The monoisotopic (exact) mass is 436 g/mol. The van der Waals surface area contributed by atoms with E-state index in [0.717, 1.165) is 6.07 Å². The second kappa shape index (κ2) is 10.0. The molecule has 0 amide bonds. The zero-order valence-electron chi connectivity index (χ0n) is 17.2. The summed E-state index contributed by atoms with van der Waals surface area (Å²) in [6.45, 7) is 3.93. The van der Waals surface area contributed by atoms with E-state index in [0.29, 0.717) is 17.1 Å². The van der Waals surface area contributed by atoms with Crippen LogP contribution in [0.1, 0.15) is 19.4 Å². The molecule has 0 atom stereocenters. The van der Waals surface area contributed by atoms with E-state index in [-0.39, 0.29) is 23.7 Å². The van der Waals surface area contributed by atoms with Gasteiger partial charge in [-0.2, -0.15) is 9.41 Å². The number of hydrogen-bond acceptors (Lipinski definition) is 8. The first-order valence-electron chi connectivity index (χ1n) is 9.08. The summed E-state index contributed by atoms with van der Waals surface area (Å²) in [5.74, 6) is 1.12. The van der Waals surface area contributed by atoms with Crippen LogP contribution in [0, 0.1) is 10.1 Å². The smallest absolute Gasteiger partial charge is 0.295 e. The first-order chi connectivity index (χ1) is 14.3. The molecule has 2 aromatic rings. The fourth-order valence-electron chi connectivity index (χ4n) is 2.73. The van der Waals surface area contributed by atoms with Crippen molar-refractivity contribution in [3.05, 3.63) is 52.1 Å². The van der Waals surface area contributed by atoms with Gasteiger partial charge in [-0.1, -0.05) is 13.8 Å². The Hall–Kier alpha value is -3.18. The van der Waals surface area contributed by atoms with E-state index in [1.54, 1.807) is 32.0 Å². The minimum absolute atomic E-state index is 0.0576. The number of anilines is 1. The van der Waals surface area contributed by atoms with Gasteiger partial charge in [-0.15, -0.1) is 0 Å². The summed E-state index contributed by atoms with van der Waals surface area (Å²) in [5, 5.41) is 15.5. The molecule has 2 rings (SSSR count). The number of sulfonamides is 1. The zero-order chi connectivity index (χ0) is 22.3. The fourth-order valence-corrected chi connectivity index (χ4v) is 4.21. The Labute approximate surface area is 175 Å². The topological polar surface area (TPSA) is 123 Å². The lowest BCUT2D eigenvalue weighted by molar-refractivity contribution is -0.384. The summed E-state index contributed by atoms with van der Waals surface area (Å²) in [5.41, 5.74) is 2.87. The summed E-state index contributed by atoms with van der Waals surface area (Å²) in [6, 6.07) is 8.77. The molecule has 11 heteroatoms. The second-order valence-corrected chi connectivity index (χ2v) is 7.94. The van der Waals surface area contributed by atoms with Gasteiger partial charge in [0, 0.05) is 30.8 Å². The molecule has 10 nitrogen and oxygen atoms in total. The van der Waals surface area contributed by atoms with Gasteiger partial charge in [0.15, 0.2) is 0 Å². The molecule has 2 aromatic carbocycles. The standard InChI is InChI=1S/C19H24N4O6S/c1-5-22(6-2)30(26,27)16-9-10-17(18(12-16)23(24)25)21-20-13-14-7-8-15(28-3)11-19(14)29-4/h7-13,21H,5-6H2,1-4H3.